The molecule has 0 saturated heterocycles. The lowest BCUT2D eigenvalue weighted by Crippen LogP contribution is -2.36. The van der Waals surface area contributed by atoms with Crippen molar-refractivity contribution in [3.8, 4) is 0 Å². The molecule has 2 N–H and O–H groups in total. The van der Waals surface area contributed by atoms with Crippen molar-refractivity contribution in [1.82, 2.24) is 10.0 Å². The Hall–Kier alpha value is -2.18. The largest absolute Gasteiger partial charge is 0.351 e. The third-order valence-corrected chi connectivity index (χ3v) is 4.74. The first-order valence-corrected chi connectivity index (χ1v) is 8.74. The lowest BCUT2D eigenvalue weighted by molar-refractivity contribution is -0.120. The van der Waals surface area contributed by atoms with E-state index in [2.05, 4.69) is 10.0 Å². The van der Waals surface area contributed by atoms with Crippen molar-refractivity contribution < 1.29 is 13.2 Å². The number of rotatable bonds is 6. The van der Waals surface area contributed by atoms with Crippen molar-refractivity contribution in [1.29, 1.82) is 0 Å². The molecule has 5 nitrogen and oxygen atoms in total. The summed E-state index contributed by atoms with van der Waals surface area (Å²) >= 11 is 0. The summed E-state index contributed by atoms with van der Waals surface area (Å²) in [7, 11) is -3.67. The molecule has 0 aliphatic rings. The highest BCUT2D eigenvalue weighted by molar-refractivity contribution is 7.89. The van der Waals surface area contributed by atoms with Crippen molar-refractivity contribution in [2.24, 2.45) is 0 Å². The Balaban J connectivity index is 1.87. The Morgan fingerprint density at radius 3 is 2.35 bits per heavy atom. The van der Waals surface area contributed by atoms with Crippen LogP contribution in [-0.2, 0) is 21.4 Å². The molecule has 0 aliphatic heterocycles. The predicted octanol–water partition coefficient (Wildman–Crippen LogP) is 1.90. The topological polar surface area (TPSA) is 75.3 Å². The number of carbonyl (C=O) groups excluding carboxylic acids is 1. The monoisotopic (exact) mass is 332 g/mol. The number of sulfonamides is 1. The Kier molecular flexibility index (Phi) is 5.52. The van der Waals surface area contributed by atoms with Crippen LogP contribution in [0.1, 0.15) is 16.7 Å². The second kappa shape index (κ2) is 7.39. The summed E-state index contributed by atoms with van der Waals surface area (Å²) in [6.45, 7) is 3.93. The quantitative estimate of drug-likeness (QED) is 0.848. The summed E-state index contributed by atoms with van der Waals surface area (Å²) in [6.07, 6.45) is 0. The van der Waals surface area contributed by atoms with E-state index in [1.54, 1.807) is 12.1 Å². The zero-order valence-electron chi connectivity index (χ0n) is 13.2. The molecule has 2 aromatic carbocycles. The Morgan fingerprint density at radius 2 is 1.70 bits per heavy atom. The van der Waals surface area contributed by atoms with E-state index in [-0.39, 0.29) is 17.3 Å². The minimum Gasteiger partial charge on any atom is -0.351 e. The molecule has 122 valence electrons. The number of nitrogens with one attached hydrogen (secondary N) is 2. The van der Waals surface area contributed by atoms with Gasteiger partial charge in [-0.25, -0.2) is 13.1 Å². The first-order chi connectivity index (χ1) is 10.9. The molecule has 0 aliphatic carbocycles. The van der Waals surface area contributed by atoms with Gasteiger partial charge in [-0.15, -0.1) is 0 Å². The van der Waals surface area contributed by atoms with Gasteiger partial charge in [-0.2, -0.15) is 0 Å². The molecular weight excluding hydrogens is 312 g/mol. The summed E-state index contributed by atoms with van der Waals surface area (Å²) in [5.41, 5.74) is 3.05. The number of aryl methyl sites for hydroxylation is 2. The van der Waals surface area contributed by atoms with Crippen molar-refractivity contribution in [2.45, 2.75) is 25.3 Å². The minimum absolute atomic E-state index is 0.148. The second-order valence-corrected chi connectivity index (χ2v) is 7.17. The average Bonchev–Trinajstić information content (AvgIpc) is 2.51. The Labute approximate surface area is 136 Å². The molecule has 0 saturated carbocycles. The summed E-state index contributed by atoms with van der Waals surface area (Å²) in [4.78, 5) is 11.9. The highest BCUT2D eigenvalue weighted by Crippen LogP contribution is 2.09. The summed E-state index contributed by atoms with van der Waals surface area (Å²) in [6, 6.07) is 14.2. The number of benzene rings is 2. The zero-order valence-corrected chi connectivity index (χ0v) is 14.0. The van der Waals surface area contributed by atoms with Gasteiger partial charge in [-0.05, 0) is 31.5 Å². The van der Waals surface area contributed by atoms with E-state index >= 15 is 0 Å². The van der Waals surface area contributed by atoms with Crippen LogP contribution >= 0.6 is 0 Å². The average molecular weight is 332 g/mol. The summed E-state index contributed by atoms with van der Waals surface area (Å²) < 4.78 is 26.5. The molecular formula is C17H20N2O3S. The molecule has 1 amide bonds. The van der Waals surface area contributed by atoms with Crippen LogP contribution in [0, 0.1) is 13.8 Å². The Morgan fingerprint density at radius 1 is 1.00 bits per heavy atom. The van der Waals surface area contributed by atoms with Gasteiger partial charge in [-0.3, -0.25) is 4.79 Å². The van der Waals surface area contributed by atoms with E-state index in [0.717, 1.165) is 16.7 Å². The van der Waals surface area contributed by atoms with Gasteiger partial charge in [0, 0.05) is 6.54 Å². The lowest BCUT2D eigenvalue weighted by Gasteiger charge is -2.08. The fraction of sp³-hybridized carbons (Fsp3) is 0.235. The molecule has 0 fully saturated rings. The highest BCUT2D eigenvalue weighted by atomic mass is 32.2. The Bertz CT molecular complexity index is 784. The normalized spacial score (nSPS) is 11.2. The first-order valence-electron chi connectivity index (χ1n) is 7.25. The summed E-state index contributed by atoms with van der Waals surface area (Å²) in [5, 5.41) is 2.69. The number of carbonyl (C=O) groups is 1. The maximum atomic E-state index is 12.1. The van der Waals surface area contributed by atoms with Crippen molar-refractivity contribution in [3.63, 3.8) is 0 Å². The molecule has 0 heterocycles. The lowest BCUT2D eigenvalue weighted by atomic mass is 10.1. The van der Waals surface area contributed by atoms with Gasteiger partial charge in [-0.1, -0.05) is 47.5 Å². The van der Waals surface area contributed by atoms with Crippen LogP contribution in [0.2, 0.25) is 0 Å². The van der Waals surface area contributed by atoms with Gasteiger partial charge in [0.15, 0.2) is 0 Å². The van der Waals surface area contributed by atoms with E-state index in [4.69, 9.17) is 0 Å². The molecule has 0 unspecified atom stereocenters. The molecule has 0 aromatic heterocycles. The third kappa shape index (κ3) is 5.19. The van der Waals surface area contributed by atoms with Crippen LogP contribution in [-0.4, -0.2) is 20.9 Å². The minimum atomic E-state index is -3.67. The molecule has 6 heteroatoms. The molecule has 2 rings (SSSR count). The SMILES string of the molecule is Cc1ccc(S(=O)(=O)NCC(=O)NCc2cccc(C)c2)cc1. The highest BCUT2D eigenvalue weighted by Gasteiger charge is 2.14. The van der Waals surface area contributed by atoms with Gasteiger partial charge in [0.05, 0.1) is 11.4 Å². The smallest absolute Gasteiger partial charge is 0.241 e. The molecule has 0 radical (unpaired) electrons. The van der Waals surface area contributed by atoms with Crippen molar-refractivity contribution in [2.75, 3.05) is 6.54 Å². The van der Waals surface area contributed by atoms with E-state index in [1.807, 2.05) is 38.1 Å². The standard InChI is InChI=1S/C17H20N2O3S/c1-13-6-8-16(9-7-13)23(21,22)19-12-17(20)18-11-15-5-3-4-14(2)10-15/h3-10,19H,11-12H2,1-2H3,(H,18,20). The molecule has 23 heavy (non-hydrogen) atoms. The molecule has 0 bridgehead atoms. The van der Waals surface area contributed by atoms with Crippen molar-refractivity contribution in [3.05, 3.63) is 65.2 Å². The van der Waals surface area contributed by atoms with Crippen LogP contribution in [0.5, 0.6) is 0 Å². The second-order valence-electron chi connectivity index (χ2n) is 5.40. The van der Waals surface area contributed by atoms with Gasteiger partial charge in [0.2, 0.25) is 15.9 Å². The van der Waals surface area contributed by atoms with E-state index in [9.17, 15) is 13.2 Å². The van der Waals surface area contributed by atoms with Gasteiger partial charge >= 0.3 is 0 Å². The molecule has 0 atom stereocenters. The number of amides is 1. The van der Waals surface area contributed by atoms with Crippen LogP contribution < -0.4 is 10.0 Å². The fourth-order valence-corrected chi connectivity index (χ4v) is 3.03. The van der Waals surface area contributed by atoms with E-state index in [1.165, 1.54) is 12.1 Å². The van der Waals surface area contributed by atoms with Crippen molar-refractivity contribution >= 4 is 15.9 Å². The van der Waals surface area contributed by atoms with Crippen LogP contribution in [0.3, 0.4) is 0 Å². The van der Waals surface area contributed by atoms with Crippen LogP contribution in [0.15, 0.2) is 53.4 Å². The van der Waals surface area contributed by atoms with Gasteiger partial charge in [0.1, 0.15) is 0 Å². The van der Waals surface area contributed by atoms with Gasteiger partial charge < -0.3 is 5.32 Å². The van der Waals surface area contributed by atoms with Crippen LogP contribution in [0.25, 0.3) is 0 Å². The zero-order chi connectivity index (χ0) is 16.9. The van der Waals surface area contributed by atoms with E-state index in [0.29, 0.717) is 6.54 Å². The predicted molar refractivity (Wildman–Crippen MR) is 89.4 cm³/mol. The fourth-order valence-electron chi connectivity index (χ4n) is 2.05. The molecule has 0 spiro atoms. The first kappa shape index (κ1) is 17.2. The number of hydrogen-bond donors (Lipinski definition) is 2. The van der Waals surface area contributed by atoms with E-state index < -0.39 is 10.0 Å². The maximum Gasteiger partial charge on any atom is 0.241 e. The molecule has 2 aromatic rings. The third-order valence-electron chi connectivity index (χ3n) is 3.33. The maximum absolute atomic E-state index is 12.1. The summed E-state index contributed by atoms with van der Waals surface area (Å²) in [5.74, 6) is -0.373. The number of hydrogen-bond acceptors (Lipinski definition) is 3. The van der Waals surface area contributed by atoms with Gasteiger partial charge in [0.25, 0.3) is 0 Å². The van der Waals surface area contributed by atoms with Crippen LogP contribution in [0.4, 0.5) is 0 Å².